The number of aromatic nitrogens is 2. The number of H-pyrrole nitrogens is 1. The van der Waals surface area contributed by atoms with Crippen LogP contribution >= 0.6 is 24.8 Å². The number of nitrogen functional groups attached to an aromatic ring is 1. The number of nitrogens with two attached hydrogens (primary N) is 2. The molecule has 144 valence electrons. The third-order valence-electron chi connectivity index (χ3n) is 3.81. The van der Waals surface area contributed by atoms with Gasteiger partial charge in [-0.05, 0) is 41.8 Å². The molecule has 3 aromatic rings. The average molecular weight is 412 g/mol. The number of nitrogens with zero attached hydrogens (tertiary/aromatic N) is 1. The summed E-state index contributed by atoms with van der Waals surface area (Å²) in [6.45, 7) is 0. The molecule has 2 aromatic carbocycles. The van der Waals surface area contributed by atoms with E-state index in [9.17, 15) is 9.18 Å². The molecule has 0 unspecified atom stereocenters. The fourth-order valence-corrected chi connectivity index (χ4v) is 2.50. The van der Waals surface area contributed by atoms with Gasteiger partial charge < -0.3 is 16.8 Å². The minimum Gasteiger partial charge on any atom is -0.384 e. The Balaban J connectivity index is 0.00000182. The number of rotatable bonds is 5. The molecule has 9 heteroatoms. The standard InChI is InChI=1S/C18H18FN5O.2ClH/c19-13-3-1-2-11(8-13)9-16(20)18(25)23-14-6-4-12(5-7-14)15-10-22-24-17(15)21;;/h1-8,10,16H,9,20H2,(H,23,25)(H3,21,22,24);2*1H/t16-;;/m1../s1. The fraction of sp³-hybridized carbons (Fsp3) is 0.111. The van der Waals surface area contributed by atoms with Crippen molar-refractivity contribution in [3.63, 3.8) is 0 Å². The Kier molecular flexibility index (Phi) is 8.24. The molecule has 0 spiro atoms. The molecule has 1 aromatic heterocycles. The van der Waals surface area contributed by atoms with Crippen LogP contribution in [0.4, 0.5) is 15.9 Å². The van der Waals surface area contributed by atoms with Crippen molar-refractivity contribution < 1.29 is 9.18 Å². The first-order chi connectivity index (χ1) is 12.0. The number of hydrogen-bond donors (Lipinski definition) is 4. The normalized spacial score (nSPS) is 11.0. The molecule has 0 aliphatic carbocycles. The summed E-state index contributed by atoms with van der Waals surface area (Å²) in [5.74, 6) is -0.201. The van der Waals surface area contributed by atoms with Crippen LogP contribution in [-0.2, 0) is 11.2 Å². The lowest BCUT2D eigenvalue weighted by Crippen LogP contribution is -2.37. The summed E-state index contributed by atoms with van der Waals surface area (Å²) < 4.78 is 13.2. The number of benzene rings is 2. The molecule has 27 heavy (non-hydrogen) atoms. The SMILES string of the molecule is Cl.Cl.Nc1[nH]ncc1-c1ccc(NC(=O)[C@H](N)Cc2cccc(F)c2)cc1. The van der Waals surface area contributed by atoms with Crippen LogP contribution in [0.5, 0.6) is 0 Å². The average Bonchev–Trinajstić information content (AvgIpc) is 3.01. The first-order valence-corrected chi connectivity index (χ1v) is 7.73. The summed E-state index contributed by atoms with van der Waals surface area (Å²) in [6.07, 6.45) is 1.89. The summed E-state index contributed by atoms with van der Waals surface area (Å²) in [5.41, 5.74) is 14.7. The van der Waals surface area contributed by atoms with Gasteiger partial charge in [0.1, 0.15) is 11.6 Å². The topological polar surface area (TPSA) is 110 Å². The second-order valence-electron chi connectivity index (χ2n) is 5.70. The van der Waals surface area contributed by atoms with Crippen LogP contribution in [-0.4, -0.2) is 22.1 Å². The lowest BCUT2D eigenvalue weighted by atomic mass is 10.1. The third kappa shape index (κ3) is 5.68. The molecule has 6 nitrogen and oxygen atoms in total. The van der Waals surface area contributed by atoms with Crippen molar-refractivity contribution in [1.82, 2.24) is 10.2 Å². The quantitative estimate of drug-likeness (QED) is 0.516. The Morgan fingerprint density at radius 3 is 2.48 bits per heavy atom. The zero-order valence-electron chi connectivity index (χ0n) is 14.2. The molecule has 0 saturated carbocycles. The molecule has 0 radical (unpaired) electrons. The van der Waals surface area contributed by atoms with Gasteiger partial charge in [-0.1, -0.05) is 24.3 Å². The van der Waals surface area contributed by atoms with Crippen LogP contribution < -0.4 is 16.8 Å². The van der Waals surface area contributed by atoms with Crippen molar-refractivity contribution >= 4 is 42.2 Å². The maximum absolute atomic E-state index is 13.2. The van der Waals surface area contributed by atoms with Gasteiger partial charge in [0.25, 0.3) is 0 Å². The summed E-state index contributed by atoms with van der Waals surface area (Å²) in [6, 6.07) is 12.5. The highest BCUT2D eigenvalue weighted by molar-refractivity contribution is 5.95. The van der Waals surface area contributed by atoms with Crippen molar-refractivity contribution in [2.45, 2.75) is 12.5 Å². The Morgan fingerprint density at radius 1 is 1.19 bits per heavy atom. The number of carbonyl (C=O) groups is 1. The predicted octanol–water partition coefficient (Wildman–Crippen LogP) is 3.15. The van der Waals surface area contributed by atoms with Gasteiger partial charge in [-0.25, -0.2) is 4.39 Å². The van der Waals surface area contributed by atoms with Gasteiger partial charge in [0.05, 0.1) is 12.2 Å². The Bertz CT molecular complexity index is 885. The minimum absolute atomic E-state index is 0. The van der Waals surface area contributed by atoms with Gasteiger partial charge in [-0.15, -0.1) is 24.8 Å². The van der Waals surface area contributed by atoms with Gasteiger partial charge in [0.15, 0.2) is 0 Å². The molecule has 1 atom stereocenters. The number of halogens is 3. The third-order valence-corrected chi connectivity index (χ3v) is 3.81. The van der Waals surface area contributed by atoms with Gasteiger partial charge in [-0.3, -0.25) is 9.89 Å². The molecule has 1 heterocycles. The molecular weight excluding hydrogens is 392 g/mol. The number of hydrogen-bond acceptors (Lipinski definition) is 4. The van der Waals surface area contributed by atoms with E-state index in [0.717, 1.165) is 11.1 Å². The lowest BCUT2D eigenvalue weighted by Gasteiger charge is -2.13. The summed E-state index contributed by atoms with van der Waals surface area (Å²) in [4.78, 5) is 12.2. The monoisotopic (exact) mass is 411 g/mol. The molecule has 3 rings (SSSR count). The minimum atomic E-state index is -0.772. The highest BCUT2D eigenvalue weighted by Crippen LogP contribution is 2.24. The second kappa shape index (κ2) is 9.91. The number of nitrogens with one attached hydrogen (secondary N) is 2. The van der Waals surface area contributed by atoms with E-state index in [1.54, 1.807) is 30.5 Å². The largest absolute Gasteiger partial charge is 0.384 e. The molecule has 0 aliphatic rings. The lowest BCUT2D eigenvalue weighted by molar-refractivity contribution is -0.117. The van der Waals surface area contributed by atoms with E-state index in [1.165, 1.54) is 12.1 Å². The van der Waals surface area contributed by atoms with Crippen molar-refractivity contribution in [2.24, 2.45) is 5.73 Å². The van der Waals surface area contributed by atoms with E-state index in [-0.39, 0.29) is 43.0 Å². The molecule has 0 saturated heterocycles. The van der Waals surface area contributed by atoms with Gasteiger partial charge >= 0.3 is 0 Å². The van der Waals surface area contributed by atoms with Crippen molar-refractivity contribution in [3.05, 3.63) is 66.1 Å². The number of amides is 1. The first kappa shape index (κ1) is 22.4. The predicted molar refractivity (Wildman–Crippen MR) is 110 cm³/mol. The zero-order chi connectivity index (χ0) is 17.8. The molecule has 6 N–H and O–H groups in total. The van der Waals surface area contributed by atoms with Crippen molar-refractivity contribution in [2.75, 3.05) is 11.1 Å². The maximum atomic E-state index is 13.2. The van der Waals surface area contributed by atoms with E-state index in [2.05, 4.69) is 15.5 Å². The first-order valence-electron chi connectivity index (χ1n) is 7.73. The second-order valence-corrected chi connectivity index (χ2v) is 5.70. The number of carbonyl (C=O) groups excluding carboxylic acids is 1. The fourth-order valence-electron chi connectivity index (χ4n) is 2.50. The maximum Gasteiger partial charge on any atom is 0.241 e. The van der Waals surface area contributed by atoms with Crippen molar-refractivity contribution in [1.29, 1.82) is 0 Å². The zero-order valence-corrected chi connectivity index (χ0v) is 15.8. The Morgan fingerprint density at radius 2 is 1.89 bits per heavy atom. The van der Waals surface area contributed by atoms with Crippen LogP contribution in [0.25, 0.3) is 11.1 Å². The van der Waals surface area contributed by atoms with E-state index < -0.39 is 6.04 Å². The highest BCUT2D eigenvalue weighted by atomic mass is 35.5. The molecular formula is C18H20Cl2FN5O. The summed E-state index contributed by atoms with van der Waals surface area (Å²) in [5, 5.41) is 9.30. The number of aromatic amines is 1. The van der Waals surface area contributed by atoms with Gasteiger partial charge in [0.2, 0.25) is 5.91 Å². The molecule has 0 bridgehead atoms. The van der Waals surface area contributed by atoms with E-state index in [0.29, 0.717) is 17.1 Å². The molecule has 0 aliphatic heterocycles. The van der Waals surface area contributed by atoms with Crippen LogP contribution in [0.3, 0.4) is 0 Å². The smallest absolute Gasteiger partial charge is 0.241 e. The summed E-state index contributed by atoms with van der Waals surface area (Å²) >= 11 is 0. The van der Waals surface area contributed by atoms with Gasteiger partial charge in [-0.2, -0.15) is 5.10 Å². The summed E-state index contributed by atoms with van der Waals surface area (Å²) in [7, 11) is 0. The van der Waals surface area contributed by atoms with Crippen LogP contribution in [0.15, 0.2) is 54.7 Å². The molecule has 0 fully saturated rings. The Hall–Kier alpha value is -2.61. The van der Waals surface area contributed by atoms with E-state index >= 15 is 0 Å². The van der Waals surface area contributed by atoms with Crippen LogP contribution in [0.1, 0.15) is 5.56 Å². The Labute approximate surface area is 168 Å². The van der Waals surface area contributed by atoms with Crippen LogP contribution in [0.2, 0.25) is 0 Å². The van der Waals surface area contributed by atoms with E-state index in [4.69, 9.17) is 11.5 Å². The molecule has 1 amide bonds. The van der Waals surface area contributed by atoms with Gasteiger partial charge in [0, 0.05) is 11.3 Å². The highest BCUT2D eigenvalue weighted by Gasteiger charge is 2.15. The number of anilines is 2. The van der Waals surface area contributed by atoms with E-state index in [1.807, 2.05) is 12.1 Å². The van der Waals surface area contributed by atoms with Crippen LogP contribution in [0, 0.1) is 5.82 Å². The van der Waals surface area contributed by atoms with Crippen molar-refractivity contribution in [3.8, 4) is 11.1 Å².